The molecule has 0 saturated carbocycles. The SMILES string of the molecule is C=NC(C=N)C[C@H](NC(=O)[C@H](CCC(N)=O)NC(=O)[C@H](CO)NC(=O)CNC(=O)COCCOCCNC(=O)CCCCCCCCCCCCCCCc1nnn[nH]1)C(=O)NC(CNC(=O)CN(CC(=O)O)CC(=O)O)C(=O)N[C@@H](CCCC)C(=O)N[C@H]1CCC(=O)NCCCC[C@@H](C(N)=O)NC(=O)[C@H](CC(=C)c2ccccc2)NC(=O)[C@H](CCCNCN)NC(=O)[C@@H](Cc2ccccc2)NC(=O)[C@@H]2C[C@@H](O)CN2C1=O. The van der Waals surface area contributed by atoms with Crippen LogP contribution in [0.1, 0.15) is 210 Å². The van der Waals surface area contributed by atoms with Crippen molar-refractivity contribution in [3.63, 3.8) is 0 Å². The van der Waals surface area contributed by atoms with Gasteiger partial charge in [-0.15, -0.1) is 5.10 Å². The number of fused-ring (bicyclic) bond motifs is 1. The highest BCUT2D eigenvalue weighted by Gasteiger charge is 2.45. The minimum absolute atomic E-state index is 0.0424. The number of aliphatic carboxylic acids is 2. The van der Waals surface area contributed by atoms with E-state index < -0.39 is 276 Å². The standard InChI is InChI=1S/C96H150N26O25/c1-4-5-32-67(87(136)112-70-38-40-80(127)103-42-26-25-33-66(86(100)135)108-90(139)71(47-61(2)63-30-21-18-22-31-63)113-88(137)68(34-27-41-102-60-98)109-91(140)72(48-62-28-19-17-20-29-62)115-95(144)76-50-65(124)54-122(76)96(70)145)110-93(142)74(52-105-82(129)55-121(56-84(131)132)57-85(133)134)116-92(141)73(49-64(51-97)101-3)114-89(138)69(37-39-77(99)125)111-94(143)75(58-123)107-81(128)53-106-83(130)59-147-46-45-146-44-43-104-79(126)36-24-16-14-12-10-8-6-7-9-11-13-15-23-35-78-117-119-120-118-78/h17-22,28-31,51,64-76,97,102,123-124H,2-16,23-27,32-50,52-60,98H2,1H3,(H2,99,125)(H2,100,135)(H,103,127)(H,104,126)(H,105,129)(H,106,130)(H,107,128)(H,108,139)(H,109,140)(H,110,142)(H,111,143)(H,112,136)(H,113,137)(H,114,138)(H,115,144)(H,116,141)(H,131,132)(H,133,134)(H,117,118,119,120)/t64?,65-,66+,67+,68+,69+,70+,71+,72-,73+,74?,75+,76+/m1/s1. The van der Waals surface area contributed by atoms with E-state index in [1.807, 2.05) is 0 Å². The van der Waals surface area contributed by atoms with Crippen LogP contribution in [0.4, 0.5) is 0 Å². The summed E-state index contributed by atoms with van der Waals surface area (Å²) in [4.78, 5) is 269. The van der Waals surface area contributed by atoms with E-state index in [4.69, 9.17) is 32.1 Å². The van der Waals surface area contributed by atoms with Crippen LogP contribution in [-0.4, -0.2) is 353 Å². The highest BCUT2D eigenvalue weighted by Crippen LogP contribution is 2.24. The number of H-pyrrole nitrogens is 1. The number of aromatic nitrogens is 4. The van der Waals surface area contributed by atoms with Crippen molar-refractivity contribution >= 4 is 131 Å². The first kappa shape index (κ1) is 124. The van der Waals surface area contributed by atoms with Crippen LogP contribution in [0.25, 0.3) is 5.57 Å². The Morgan fingerprint density at radius 1 is 0.619 bits per heavy atom. The van der Waals surface area contributed by atoms with Gasteiger partial charge in [-0.1, -0.05) is 158 Å². The van der Waals surface area contributed by atoms with Crippen molar-refractivity contribution in [2.75, 3.05) is 98.6 Å². The minimum atomic E-state index is -2.12. The molecule has 17 amide bonds. The average molecular weight is 2070 g/mol. The van der Waals surface area contributed by atoms with Crippen LogP contribution in [0.15, 0.2) is 72.2 Å². The summed E-state index contributed by atoms with van der Waals surface area (Å²) in [5.74, 6) is -19.3. The van der Waals surface area contributed by atoms with Crippen LogP contribution in [0.3, 0.4) is 0 Å². The molecule has 5 rings (SSSR count). The Bertz CT molecular complexity index is 4700. The highest BCUT2D eigenvalue weighted by atomic mass is 16.5. The summed E-state index contributed by atoms with van der Waals surface area (Å²) < 4.78 is 10.8. The van der Waals surface area contributed by atoms with Gasteiger partial charge in [0, 0.05) is 90.4 Å². The molecular formula is C96H150N26O25. The van der Waals surface area contributed by atoms with Crippen molar-refractivity contribution in [2.45, 2.75) is 285 Å². The van der Waals surface area contributed by atoms with Gasteiger partial charge in [-0.2, -0.15) is 0 Å². The summed E-state index contributed by atoms with van der Waals surface area (Å²) in [5.41, 5.74) is 18.6. The summed E-state index contributed by atoms with van der Waals surface area (Å²) in [6.07, 6.45) is 11.5. The fourth-order valence-electron chi connectivity index (χ4n) is 16.0. The number of primary amides is 2. The number of carboxylic acid groups (broad SMARTS) is 2. The molecular weight excluding hydrogens is 1920 g/mol. The monoisotopic (exact) mass is 2070 g/mol. The number of aromatic amines is 1. The second-order valence-electron chi connectivity index (χ2n) is 36.0. The van der Waals surface area contributed by atoms with Gasteiger partial charge in [0.1, 0.15) is 78.9 Å². The number of ether oxygens (including phenoxy) is 2. The maximum absolute atomic E-state index is 15.5. The lowest BCUT2D eigenvalue weighted by Crippen LogP contribution is -2.62. The van der Waals surface area contributed by atoms with Crippen LogP contribution >= 0.6 is 0 Å². The third-order valence-corrected chi connectivity index (χ3v) is 24.1. The number of aryl methyl sites for hydroxylation is 1. The molecule has 2 aromatic carbocycles. The average Bonchev–Trinajstić information content (AvgIpc) is 1.67. The zero-order valence-corrected chi connectivity index (χ0v) is 83.6. The number of carbonyl (C=O) groups excluding carboxylic acids is 17. The number of aliphatic hydroxyl groups is 2. The Morgan fingerprint density at radius 2 is 1.21 bits per heavy atom. The molecule has 27 N–H and O–H groups in total. The van der Waals surface area contributed by atoms with E-state index in [0.29, 0.717) is 40.7 Å². The number of nitrogens with two attached hydrogens (primary N) is 3. The summed E-state index contributed by atoms with van der Waals surface area (Å²) in [6, 6.07) is -3.32. The van der Waals surface area contributed by atoms with Crippen molar-refractivity contribution < 1.29 is 121 Å². The summed E-state index contributed by atoms with van der Waals surface area (Å²) in [6.45, 7) is 2.86. The normalized spacial score (nSPS) is 18.3. The molecule has 814 valence electrons. The van der Waals surface area contributed by atoms with Crippen molar-refractivity contribution in [1.29, 1.82) is 5.41 Å². The molecule has 2 aliphatic heterocycles. The van der Waals surface area contributed by atoms with Crippen molar-refractivity contribution in [2.24, 2.45) is 22.2 Å². The molecule has 2 saturated heterocycles. The summed E-state index contributed by atoms with van der Waals surface area (Å²) >= 11 is 0. The lowest BCUT2D eigenvalue weighted by atomic mass is 9.98. The molecule has 51 heteroatoms. The van der Waals surface area contributed by atoms with Crippen LogP contribution in [0, 0.1) is 5.41 Å². The van der Waals surface area contributed by atoms with Crippen LogP contribution in [0.5, 0.6) is 0 Å². The number of carboxylic acids is 2. The largest absolute Gasteiger partial charge is 0.480 e. The highest BCUT2D eigenvalue weighted by molar-refractivity contribution is 6.01. The van der Waals surface area contributed by atoms with Crippen molar-refractivity contribution in [3.8, 4) is 0 Å². The first-order valence-corrected chi connectivity index (χ1v) is 50.0. The van der Waals surface area contributed by atoms with Gasteiger partial charge >= 0.3 is 11.9 Å². The fraction of sp³-hybridized carbons (Fsp3) is 0.625. The van der Waals surface area contributed by atoms with Gasteiger partial charge in [-0.05, 0) is 105 Å². The smallest absolute Gasteiger partial charge is 0.317 e. The number of hydrogen-bond donors (Lipinski definition) is 24. The molecule has 0 bridgehead atoms. The molecule has 0 radical (unpaired) electrons. The number of nitrogens with one attached hydrogen (secondary N) is 17. The van der Waals surface area contributed by atoms with E-state index in [-0.39, 0.29) is 110 Å². The third-order valence-electron chi connectivity index (χ3n) is 24.1. The van der Waals surface area contributed by atoms with E-state index in [1.165, 1.54) is 44.9 Å². The molecule has 13 atom stereocenters. The second-order valence-corrected chi connectivity index (χ2v) is 36.0. The number of tetrazole rings is 1. The Labute approximate surface area is 853 Å². The van der Waals surface area contributed by atoms with E-state index in [1.54, 1.807) is 67.6 Å². The molecule has 147 heavy (non-hydrogen) atoms. The Kier molecular flexibility index (Phi) is 59.7. The summed E-state index contributed by atoms with van der Waals surface area (Å²) in [7, 11) is 0. The Balaban J connectivity index is 1.33. The van der Waals surface area contributed by atoms with Crippen molar-refractivity contribution in [3.05, 3.63) is 84.2 Å². The van der Waals surface area contributed by atoms with Gasteiger partial charge in [0.25, 0.3) is 0 Å². The first-order valence-electron chi connectivity index (χ1n) is 50.0. The van der Waals surface area contributed by atoms with Gasteiger partial charge < -0.3 is 137 Å². The van der Waals surface area contributed by atoms with Gasteiger partial charge in [-0.3, -0.25) is 101 Å². The lowest BCUT2D eigenvalue weighted by Gasteiger charge is -2.31. The molecule has 3 heterocycles. The van der Waals surface area contributed by atoms with Crippen LogP contribution in [0.2, 0.25) is 0 Å². The molecule has 2 unspecified atom stereocenters. The van der Waals surface area contributed by atoms with Crippen molar-refractivity contribution in [1.82, 2.24) is 110 Å². The molecule has 3 aromatic rings. The number of nitrogens with zero attached hydrogens (tertiary/aromatic N) is 6. The number of hydrogen-bond acceptors (Lipinski definition) is 31. The van der Waals surface area contributed by atoms with Gasteiger partial charge in [0.15, 0.2) is 0 Å². The maximum Gasteiger partial charge on any atom is 0.317 e. The maximum atomic E-state index is 15.5. The lowest BCUT2D eigenvalue weighted by molar-refractivity contribution is -0.143. The summed E-state index contributed by atoms with van der Waals surface area (Å²) in [5, 5.41) is 101. The molecule has 51 nitrogen and oxygen atoms in total. The van der Waals surface area contributed by atoms with E-state index in [9.17, 15) is 82.8 Å². The number of benzene rings is 2. The number of unbranched alkanes of at least 4 members (excludes halogenated alkanes) is 13. The number of rotatable bonds is 67. The van der Waals surface area contributed by atoms with E-state index >= 15 is 28.8 Å². The topological polar surface area (TPSA) is 779 Å². The molecule has 2 fully saturated rings. The Morgan fingerprint density at radius 3 is 1.83 bits per heavy atom. The molecule has 0 aliphatic carbocycles. The van der Waals surface area contributed by atoms with E-state index in [0.717, 1.165) is 55.7 Å². The number of aliphatic imine (C=N–C) groups is 1. The molecule has 2 aliphatic rings. The fourth-order valence-corrected chi connectivity index (χ4v) is 16.0. The van der Waals surface area contributed by atoms with Crippen LogP contribution < -0.4 is 97.0 Å². The second kappa shape index (κ2) is 70.9. The Hall–Kier alpha value is -13.8. The molecule has 1 aromatic heterocycles. The van der Waals surface area contributed by atoms with Crippen LogP contribution in [-0.2, 0) is 113 Å². The molecule has 0 spiro atoms. The van der Waals surface area contributed by atoms with E-state index in [2.05, 4.69) is 119 Å². The quantitative estimate of drug-likeness (QED) is 0.0144. The zero-order valence-electron chi connectivity index (χ0n) is 83.6. The minimum Gasteiger partial charge on any atom is -0.480 e. The number of aliphatic hydroxyl groups excluding tert-OH is 2. The van der Waals surface area contributed by atoms with Gasteiger partial charge in [0.05, 0.1) is 64.8 Å². The predicted octanol–water partition coefficient (Wildman–Crippen LogP) is -4.38. The number of amides is 17. The zero-order chi connectivity index (χ0) is 108. The third kappa shape index (κ3) is 50.7. The number of carbonyl (C=O) groups is 19. The van der Waals surface area contributed by atoms with Gasteiger partial charge in [-0.25, -0.2) is 5.10 Å². The first-order chi connectivity index (χ1) is 70.5. The van der Waals surface area contributed by atoms with Gasteiger partial charge in [0.2, 0.25) is 100 Å². The predicted molar refractivity (Wildman–Crippen MR) is 534 cm³/mol.